The number of methoxy groups -OCH3 is 2. The molecule has 2 rings (SSSR count). The van der Waals surface area contributed by atoms with Crippen LogP contribution in [-0.2, 0) is 16.1 Å². The van der Waals surface area contributed by atoms with Gasteiger partial charge >= 0.3 is 0 Å². The van der Waals surface area contributed by atoms with Gasteiger partial charge in [-0.25, -0.2) is 0 Å². The van der Waals surface area contributed by atoms with E-state index in [1.807, 2.05) is 26.1 Å². The van der Waals surface area contributed by atoms with Crippen molar-refractivity contribution in [1.29, 1.82) is 0 Å². The molecule has 0 aliphatic carbocycles. The zero-order valence-electron chi connectivity index (χ0n) is 15.5. The third kappa shape index (κ3) is 4.57. The monoisotopic (exact) mass is 372 g/mol. The molecule has 6 nitrogen and oxygen atoms in total. The normalized spacial score (nSPS) is 15.9. The van der Waals surface area contributed by atoms with Crippen molar-refractivity contribution < 1.29 is 19.0 Å². The number of rotatable bonds is 6. The minimum absolute atomic E-state index is 0. The molecule has 1 amide bonds. The van der Waals surface area contributed by atoms with E-state index in [0.29, 0.717) is 50.6 Å². The quantitative estimate of drug-likeness (QED) is 0.828. The number of carbonyl (C=O) groups is 1. The third-order valence-corrected chi connectivity index (χ3v) is 4.89. The Hall–Kier alpha value is -1.50. The minimum atomic E-state index is -0.503. The molecule has 0 bridgehead atoms. The molecule has 1 aliphatic heterocycles. The van der Waals surface area contributed by atoms with Gasteiger partial charge in [0, 0.05) is 33.4 Å². The molecule has 1 aliphatic rings. The molecule has 0 atom stereocenters. The van der Waals surface area contributed by atoms with Gasteiger partial charge in [0.1, 0.15) is 0 Å². The van der Waals surface area contributed by atoms with Crippen molar-refractivity contribution in [2.24, 2.45) is 11.1 Å². The Morgan fingerprint density at radius 1 is 1.24 bits per heavy atom. The molecule has 1 fully saturated rings. The summed E-state index contributed by atoms with van der Waals surface area (Å²) in [6.45, 7) is 4.04. The highest BCUT2D eigenvalue weighted by Gasteiger charge is 2.40. The van der Waals surface area contributed by atoms with Gasteiger partial charge < -0.3 is 24.8 Å². The molecule has 7 heteroatoms. The maximum atomic E-state index is 13.0. The second kappa shape index (κ2) is 9.27. The predicted octanol–water partition coefficient (Wildman–Crippen LogP) is 2.15. The van der Waals surface area contributed by atoms with E-state index in [-0.39, 0.29) is 18.3 Å². The molecule has 2 N–H and O–H groups in total. The third-order valence-electron chi connectivity index (χ3n) is 4.89. The molecule has 25 heavy (non-hydrogen) atoms. The van der Waals surface area contributed by atoms with Crippen LogP contribution in [0.4, 0.5) is 0 Å². The number of nitrogens with zero attached hydrogens (tertiary/aromatic N) is 1. The van der Waals surface area contributed by atoms with Crippen LogP contribution in [0.5, 0.6) is 11.5 Å². The number of carbonyl (C=O) groups excluding carboxylic acids is 1. The molecule has 1 saturated heterocycles. The van der Waals surface area contributed by atoms with E-state index in [1.165, 1.54) is 0 Å². The predicted molar refractivity (Wildman–Crippen MR) is 99.5 cm³/mol. The van der Waals surface area contributed by atoms with E-state index in [1.54, 1.807) is 19.1 Å². The fourth-order valence-corrected chi connectivity index (χ4v) is 3.19. The number of benzene rings is 1. The molecule has 142 valence electrons. The molecule has 0 unspecified atom stereocenters. The molecule has 0 spiro atoms. The Morgan fingerprint density at radius 3 is 2.32 bits per heavy atom. The number of ether oxygens (including phenoxy) is 3. The molecule has 1 aromatic rings. The van der Waals surface area contributed by atoms with Crippen molar-refractivity contribution in [2.75, 3.05) is 41.0 Å². The first kappa shape index (κ1) is 21.5. The van der Waals surface area contributed by atoms with Crippen LogP contribution in [0.1, 0.15) is 24.0 Å². The van der Waals surface area contributed by atoms with E-state index in [4.69, 9.17) is 19.9 Å². The Morgan fingerprint density at radius 2 is 1.80 bits per heavy atom. The number of aryl methyl sites for hydroxylation is 1. The second-order valence-corrected chi connectivity index (χ2v) is 6.39. The van der Waals surface area contributed by atoms with Crippen LogP contribution < -0.4 is 15.2 Å². The first-order valence-corrected chi connectivity index (χ1v) is 8.22. The van der Waals surface area contributed by atoms with Gasteiger partial charge in [0.2, 0.25) is 5.91 Å². The summed E-state index contributed by atoms with van der Waals surface area (Å²) in [4.78, 5) is 14.7. The standard InChI is InChI=1S/C18H28N2O4.ClH/c1-13-9-15(22-3)16(23-4)10-14(13)11-20(2)17(21)18(12-19)5-7-24-8-6-18;/h9-10H,5-8,11-12,19H2,1-4H3;1H. The number of hydrogen-bond acceptors (Lipinski definition) is 5. The molecule has 1 heterocycles. The van der Waals surface area contributed by atoms with Gasteiger partial charge in [-0.1, -0.05) is 0 Å². The van der Waals surface area contributed by atoms with Crippen LogP contribution >= 0.6 is 12.4 Å². The number of halogens is 1. The topological polar surface area (TPSA) is 74.0 Å². The summed E-state index contributed by atoms with van der Waals surface area (Å²) in [5.41, 5.74) is 7.53. The fourth-order valence-electron chi connectivity index (χ4n) is 3.19. The smallest absolute Gasteiger partial charge is 0.230 e. The van der Waals surface area contributed by atoms with Crippen molar-refractivity contribution >= 4 is 18.3 Å². The van der Waals surface area contributed by atoms with Crippen molar-refractivity contribution in [1.82, 2.24) is 4.90 Å². The van der Waals surface area contributed by atoms with Gasteiger partial charge in [-0.15, -0.1) is 12.4 Å². The van der Waals surface area contributed by atoms with Crippen LogP contribution in [0, 0.1) is 12.3 Å². The van der Waals surface area contributed by atoms with Gasteiger partial charge in [0.25, 0.3) is 0 Å². The van der Waals surface area contributed by atoms with Crippen LogP contribution in [0.3, 0.4) is 0 Å². The molecule has 0 radical (unpaired) electrons. The number of nitrogens with two attached hydrogens (primary N) is 1. The van der Waals surface area contributed by atoms with Gasteiger partial charge in [0.05, 0.1) is 19.6 Å². The average Bonchev–Trinajstić information content (AvgIpc) is 2.62. The van der Waals surface area contributed by atoms with Crippen molar-refractivity contribution in [3.05, 3.63) is 23.3 Å². The SMILES string of the molecule is COc1cc(C)c(CN(C)C(=O)C2(CN)CCOCC2)cc1OC.Cl. The van der Waals surface area contributed by atoms with Crippen LogP contribution in [-0.4, -0.2) is 51.8 Å². The lowest BCUT2D eigenvalue weighted by atomic mass is 9.79. The Bertz CT molecular complexity index is 589. The van der Waals surface area contributed by atoms with Crippen LogP contribution in [0.25, 0.3) is 0 Å². The summed E-state index contributed by atoms with van der Waals surface area (Å²) in [6.07, 6.45) is 1.36. The van der Waals surface area contributed by atoms with Crippen molar-refractivity contribution in [3.63, 3.8) is 0 Å². The average molecular weight is 373 g/mol. The Labute approximate surface area is 156 Å². The van der Waals surface area contributed by atoms with E-state index in [0.717, 1.165) is 11.1 Å². The lowest BCUT2D eigenvalue weighted by Crippen LogP contribution is -2.49. The summed E-state index contributed by atoms with van der Waals surface area (Å²) >= 11 is 0. The molecule has 0 saturated carbocycles. The summed E-state index contributed by atoms with van der Waals surface area (Å²) in [5.74, 6) is 1.44. The first-order chi connectivity index (χ1) is 11.5. The van der Waals surface area contributed by atoms with E-state index >= 15 is 0 Å². The van der Waals surface area contributed by atoms with E-state index in [2.05, 4.69) is 0 Å². The minimum Gasteiger partial charge on any atom is -0.493 e. The van der Waals surface area contributed by atoms with Gasteiger partial charge in [-0.2, -0.15) is 0 Å². The molecular formula is C18H29ClN2O4. The zero-order valence-corrected chi connectivity index (χ0v) is 16.3. The summed E-state index contributed by atoms with van der Waals surface area (Å²) in [5, 5.41) is 0. The highest BCUT2D eigenvalue weighted by molar-refractivity contribution is 5.85. The maximum absolute atomic E-state index is 13.0. The van der Waals surface area contributed by atoms with Gasteiger partial charge in [-0.05, 0) is 43.0 Å². The lowest BCUT2D eigenvalue weighted by molar-refractivity contribution is -0.146. The first-order valence-electron chi connectivity index (χ1n) is 8.22. The van der Waals surface area contributed by atoms with Crippen LogP contribution in [0.2, 0.25) is 0 Å². The maximum Gasteiger partial charge on any atom is 0.230 e. The lowest BCUT2D eigenvalue weighted by Gasteiger charge is -2.37. The summed E-state index contributed by atoms with van der Waals surface area (Å²) in [7, 11) is 5.05. The highest BCUT2D eigenvalue weighted by Crippen LogP contribution is 2.34. The van der Waals surface area contributed by atoms with Gasteiger partial charge in [0.15, 0.2) is 11.5 Å². The number of amides is 1. The van der Waals surface area contributed by atoms with Gasteiger partial charge in [-0.3, -0.25) is 4.79 Å². The van der Waals surface area contributed by atoms with Crippen LogP contribution in [0.15, 0.2) is 12.1 Å². The summed E-state index contributed by atoms with van der Waals surface area (Å²) < 4.78 is 16.1. The molecular weight excluding hydrogens is 344 g/mol. The number of hydrogen-bond donors (Lipinski definition) is 1. The summed E-state index contributed by atoms with van der Waals surface area (Å²) in [6, 6.07) is 3.86. The van der Waals surface area contributed by atoms with Crippen molar-refractivity contribution in [3.8, 4) is 11.5 Å². The van der Waals surface area contributed by atoms with E-state index < -0.39 is 5.41 Å². The van der Waals surface area contributed by atoms with E-state index in [9.17, 15) is 4.79 Å². The Balaban J connectivity index is 0.00000312. The van der Waals surface area contributed by atoms with Crippen molar-refractivity contribution in [2.45, 2.75) is 26.3 Å². The Kier molecular flexibility index (Phi) is 7.99. The highest BCUT2D eigenvalue weighted by atomic mass is 35.5. The fraction of sp³-hybridized carbons (Fsp3) is 0.611. The molecule has 0 aromatic heterocycles. The largest absolute Gasteiger partial charge is 0.493 e. The molecule has 1 aromatic carbocycles. The zero-order chi connectivity index (χ0) is 17.7. The second-order valence-electron chi connectivity index (χ2n) is 6.39.